The molecular weight excluding hydrogens is 338 g/mol. The zero-order valence-electron chi connectivity index (χ0n) is 14.8. The van der Waals surface area contributed by atoms with Crippen LogP contribution >= 0.6 is 12.4 Å². The molecule has 6 heteroatoms. The lowest BCUT2D eigenvalue weighted by molar-refractivity contribution is -0.143. The van der Waals surface area contributed by atoms with Gasteiger partial charge in [0.2, 0.25) is 11.8 Å². The van der Waals surface area contributed by atoms with Gasteiger partial charge < -0.3 is 15.5 Å². The van der Waals surface area contributed by atoms with Crippen molar-refractivity contribution in [3.8, 4) is 0 Å². The number of amides is 2. The number of hydrogen-bond donors (Lipinski definition) is 1. The van der Waals surface area contributed by atoms with Crippen LogP contribution in [-0.2, 0) is 9.59 Å². The molecule has 0 radical (unpaired) electrons. The quantitative estimate of drug-likeness (QED) is 0.889. The van der Waals surface area contributed by atoms with Crippen LogP contribution in [0.3, 0.4) is 0 Å². The predicted octanol–water partition coefficient (Wildman–Crippen LogP) is 2.15. The van der Waals surface area contributed by atoms with Crippen LogP contribution in [0, 0.1) is 0 Å². The normalized spacial score (nSPS) is 25.8. The van der Waals surface area contributed by atoms with E-state index in [-0.39, 0.29) is 42.2 Å². The molecule has 0 saturated carbocycles. The van der Waals surface area contributed by atoms with E-state index in [4.69, 9.17) is 5.73 Å². The topological polar surface area (TPSA) is 66.6 Å². The number of likely N-dealkylation sites (tertiary alicyclic amines) is 2. The first-order valence-corrected chi connectivity index (χ1v) is 9.00. The van der Waals surface area contributed by atoms with Gasteiger partial charge in [-0.25, -0.2) is 0 Å². The molecule has 2 fully saturated rings. The van der Waals surface area contributed by atoms with Gasteiger partial charge in [-0.05, 0) is 24.8 Å². The van der Waals surface area contributed by atoms with E-state index in [1.807, 2.05) is 30.0 Å². The van der Waals surface area contributed by atoms with Crippen LogP contribution in [0.4, 0.5) is 0 Å². The van der Waals surface area contributed by atoms with E-state index in [1.165, 1.54) is 5.56 Å². The molecule has 0 aromatic heterocycles. The van der Waals surface area contributed by atoms with Crippen molar-refractivity contribution in [3.63, 3.8) is 0 Å². The number of rotatable bonds is 4. The van der Waals surface area contributed by atoms with Crippen LogP contribution in [0.1, 0.15) is 44.1 Å². The smallest absolute Gasteiger partial charge is 0.245 e. The largest absolute Gasteiger partial charge is 0.339 e. The van der Waals surface area contributed by atoms with Gasteiger partial charge in [0.25, 0.3) is 0 Å². The second-order valence-electron chi connectivity index (χ2n) is 6.92. The molecule has 0 bridgehead atoms. The molecule has 1 unspecified atom stereocenters. The zero-order valence-corrected chi connectivity index (χ0v) is 15.6. The third-order valence-electron chi connectivity index (χ3n) is 5.23. The Labute approximate surface area is 155 Å². The molecule has 2 N–H and O–H groups in total. The standard InChI is InChI=1S/C19H27N3O2.ClH/c1-2-7-18(23)22-11-6-10-17(22)19(24)21-12-15(16(20)13-21)14-8-4-3-5-9-14;/h3-5,8-9,15-17H,2,6-7,10-13,20H2,1H3;1H/t15-,16+,17?;/m0./s1. The Morgan fingerprint density at radius 3 is 2.60 bits per heavy atom. The molecule has 0 aliphatic carbocycles. The molecule has 0 spiro atoms. The first-order chi connectivity index (χ1) is 11.6. The van der Waals surface area contributed by atoms with Crippen molar-refractivity contribution in [2.75, 3.05) is 19.6 Å². The van der Waals surface area contributed by atoms with Crippen molar-refractivity contribution in [2.24, 2.45) is 5.73 Å². The zero-order chi connectivity index (χ0) is 17.1. The van der Waals surface area contributed by atoms with Crippen molar-refractivity contribution in [3.05, 3.63) is 35.9 Å². The summed E-state index contributed by atoms with van der Waals surface area (Å²) in [4.78, 5) is 28.9. The molecule has 1 aromatic rings. The molecule has 3 atom stereocenters. The maximum Gasteiger partial charge on any atom is 0.245 e. The Kier molecular flexibility index (Phi) is 6.85. The molecule has 25 heavy (non-hydrogen) atoms. The number of nitrogens with zero attached hydrogens (tertiary/aromatic N) is 2. The highest BCUT2D eigenvalue weighted by atomic mass is 35.5. The maximum atomic E-state index is 13.0. The van der Waals surface area contributed by atoms with Crippen molar-refractivity contribution < 1.29 is 9.59 Å². The molecule has 2 amide bonds. The molecule has 2 saturated heterocycles. The van der Waals surface area contributed by atoms with Crippen molar-refractivity contribution in [1.82, 2.24) is 9.80 Å². The van der Waals surface area contributed by atoms with Crippen LogP contribution in [-0.4, -0.2) is 53.3 Å². The summed E-state index contributed by atoms with van der Waals surface area (Å²) in [7, 11) is 0. The number of halogens is 1. The fraction of sp³-hybridized carbons (Fsp3) is 0.579. The van der Waals surface area contributed by atoms with Crippen LogP contribution in [0.2, 0.25) is 0 Å². The van der Waals surface area contributed by atoms with E-state index in [9.17, 15) is 9.59 Å². The SMILES string of the molecule is CCCC(=O)N1CCCC1C(=O)N1C[C@@H](N)[C@H](c2ccccc2)C1.Cl. The van der Waals surface area contributed by atoms with Gasteiger partial charge in [0.1, 0.15) is 6.04 Å². The monoisotopic (exact) mass is 365 g/mol. The van der Waals surface area contributed by atoms with Crippen molar-refractivity contribution >= 4 is 24.2 Å². The van der Waals surface area contributed by atoms with E-state index in [2.05, 4.69) is 12.1 Å². The minimum absolute atomic E-state index is 0. The van der Waals surface area contributed by atoms with Crippen LogP contribution in [0.15, 0.2) is 30.3 Å². The molecule has 5 nitrogen and oxygen atoms in total. The molecule has 138 valence electrons. The summed E-state index contributed by atoms with van der Waals surface area (Å²) in [6.45, 7) is 3.92. The average molecular weight is 366 g/mol. The summed E-state index contributed by atoms with van der Waals surface area (Å²) in [5.74, 6) is 0.360. The fourth-order valence-corrected chi connectivity index (χ4v) is 3.95. The van der Waals surface area contributed by atoms with Gasteiger partial charge >= 0.3 is 0 Å². The Morgan fingerprint density at radius 1 is 1.20 bits per heavy atom. The van der Waals surface area contributed by atoms with Gasteiger partial charge in [-0.3, -0.25) is 9.59 Å². The molecule has 2 aliphatic rings. The van der Waals surface area contributed by atoms with Gasteiger partial charge in [0.05, 0.1) is 0 Å². The van der Waals surface area contributed by atoms with Gasteiger partial charge in [-0.1, -0.05) is 37.3 Å². The lowest BCUT2D eigenvalue weighted by Crippen LogP contribution is -2.47. The van der Waals surface area contributed by atoms with Gasteiger partial charge in [0, 0.05) is 38.0 Å². The summed E-state index contributed by atoms with van der Waals surface area (Å²) < 4.78 is 0. The molecule has 2 heterocycles. The van der Waals surface area contributed by atoms with Gasteiger partial charge in [0.15, 0.2) is 0 Å². The Hall–Kier alpha value is -1.59. The van der Waals surface area contributed by atoms with Gasteiger partial charge in [-0.2, -0.15) is 0 Å². The number of carbonyl (C=O) groups excluding carboxylic acids is 2. The van der Waals surface area contributed by atoms with Crippen LogP contribution < -0.4 is 5.73 Å². The lowest BCUT2D eigenvalue weighted by atomic mass is 9.95. The highest BCUT2D eigenvalue weighted by molar-refractivity contribution is 5.88. The van der Waals surface area contributed by atoms with E-state index in [0.717, 1.165) is 19.3 Å². The Morgan fingerprint density at radius 2 is 1.92 bits per heavy atom. The number of benzene rings is 1. The second-order valence-corrected chi connectivity index (χ2v) is 6.92. The summed E-state index contributed by atoms with van der Waals surface area (Å²) in [5.41, 5.74) is 7.49. The minimum Gasteiger partial charge on any atom is -0.339 e. The predicted molar refractivity (Wildman–Crippen MR) is 101 cm³/mol. The van der Waals surface area contributed by atoms with E-state index < -0.39 is 0 Å². The highest BCUT2D eigenvalue weighted by Gasteiger charge is 2.40. The first kappa shape index (κ1) is 19.7. The number of nitrogens with two attached hydrogens (primary N) is 1. The van der Waals surface area contributed by atoms with Crippen LogP contribution in [0.25, 0.3) is 0 Å². The molecule has 2 aliphatic heterocycles. The summed E-state index contributed by atoms with van der Waals surface area (Å²) >= 11 is 0. The number of carbonyl (C=O) groups is 2. The fourth-order valence-electron chi connectivity index (χ4n) is 3.95. The molecule has 1 aromatic carbocycles. The molecule has 3 rings (SSSR count). The summed E-state index contributed by atoms with van der Waals surface area (Å²) in [5, 5.41) is 0. The minimum atomic E-state index is -0.286. The lowest BCUT2D eigenvalue weighted by Gasteiger charge is -2.28. The first-order valence-electron chi connectivity index (χ1n) is 9.00. The molecular formula is C19H28ClN3O2. The third kappa shape index (κ3) is 4.15. The Balaban J connectivity index is 0.00000225. The number of hydrogen-bond acceptors (Lipinski definition) is 3. The van der Waals surface area contributed by atoms with E-state index >= 15 is 0 Å². The van der Waals surface area contributed by atoms with Crippen molar-refractivity contribution in [2.45, 2.75) is 50.6 Å². The summed E-state index contributed by atoms with van der Waals surface area (Å²) in [6.07, 6.45) is 3.03. The Bertz CT molecular complexity index is 596. The van der Waals surface area contributed by atoms with Gasteiger partial charge in [-0.15, -0.1) is 12.4 Å². The average Bonchev–Trinajstić information content (AvgIpc) is 3.22. The second kappa shape index (κ2) is 8.68. The van der Waals surface area contributed by atoms with E-state index in [0.29, 0.717) is 26.1 Å². The summed E-state index contributed by atoms with van der Waals surface area (Å²) in [6, 6.07) is 9.82. The highest BCUT2D eigenvalue weighted by Crippen LogP contribution is 2.29. The van der Waals surface area contributed by atoms with Crippen LogP contribution in [0.5, 0.6) is 0 Å². The maximum absolute atomic E-state index is 13.0. The third-order valence-corrected chi connectivity index (χ3v) is 5.23. The van der Waals surface area contributed by atoms with Crippen molar-refractivity contribution in [1.29, 1.82) is 0 Å². The van der Waals surface area contributed by atoms with E-state index in [1.54, 1.807) is 4.90 Å².